The highest BCUT2D eigenvalue weighted by Gasteiger charge is 2.10. The lowest BCUT2D eigenvalue weighted by molar-refractivity contribution is 0.221. The first-order valence-corrected chi connectivity index (χ1v) is 8.75. The number of guanidine groups is 1. The molecule has 0 bridgehead atoms. The van der Waals surface area contributed by atoms with E-state index in [1.807, 2.05) is 6.92 Å². The second kappa shape index (κ2) is 10.2. The summed E-state index contributed by atoms with van der Waals surface area (Å²) < 4.78 is 0. The summed E-state index contributed by atoms with van der Waals surface area (Å²) >= 11 is 0. The molecule has 3 N–H and O–H groups in total. The van der Waals surface area contributed by atoms with Gasteiger partial charge in [-0.3, -0.25) is 4.90 Å². The summed E-state index contributed by atoms with van der Waals surface area (Å²) in [5.74, 6) is 0.749. The minimum atomic E-state index is 0.107. The van der Waals surface area contributed by atoms with Gasteiger partial charge in [0.25, 0.3) is 0 Å². The standard InChI is InChI=1S/C18H30N4O/c1-2-19-18(20-10-13-23)21-14-16-6-8-17(9-7-16)15-22-11-4-3-5-12-22/h6-9,23H,2-5,10-15H2,1H3,(H2,19,20,21). The highest BCUT2D eigenvalue weighted by atomic mass is 16.3. The van der Waals surface area contributed by atoms with E-state index in [0.29, 0.717) is 13.1 Å². The third kappa shape index (κ3) is 6.59. The molecule has 0 atom stereocenters. The summed E-state index contributed by atoms with van der Waals surface area (Å²) in [4.78, 5) is 7.08. The first-order valence-electron chi connectivity index (χ1n) is 8.75. The van der Waals surface area contributed by atoms with Crippen LogP contribution in [0.5, 0.6) is 0 Å². The van der Waals surface area contributed by atoms with E-state index in [0.717, 1.165) is 19.0 Å². The Kier molecular flexibility index (Phi) is 7.90. The minimum Gasteiger partial charge on any atom is -0.395 e. The van der Waals surface area contributed by atoms with E-state index >= 15 is 0 Å². The highest BCUT2D eigenvalue weighted by molar-refractivity contribution is 5.79. The van der Waals surface area contributed by atoms with Gasteiger partial charge >= 0.3 is 0 Å². The Morgan fingerprint density at radius 3 is 2.43 bits per heavy atom. The number of benzene rings is 1. The maximum absolute atomic E-state index is 8.88. The monoisotopic (exact) mass is 318 g/mol. The predicted octanol–water partition coefficient (Wildman–Crippen LogP) is 1.72. The van der Waals surface area contributed by atoms with E-state index < -0.39 is 0 Å². The number of hydrogen-bond acceptors (Lipinski definition) is 3. The summed E-state index contributed by atoms with van der Waals surface area (Å²) in [6, 6.07) is 8.76. The largest absolute Gasteiger partial charge is 0.395 e. The lowest BCUT2D eigenvalue weighted by atomic mass is 10.1. The van der Waals surface area contributed by atoms with E-state index in [1.54, 1.807) is 0 Å². The first-order chi connectivity index (χ1) is 11.3. The second-order valence-electron chi connectivity index (χ2n) is 6.00. The molecule has 0 radical (unpaired) electrons. The van der Waals surface area contributed by atoms with Gasteiger partial charge in [0.1, 0.15) is 0 Å². The van der Waals surface area contributed by atoms with Gasteiger partial charge in [0.05, 0.1) is 13.2 Å². The number of aliphatic imine (C=N–C) groups is 1. The van der Waals surface area contributed by atoms with Crippen molar-refractivity contribution in [3.05, 3.63) is 35.4 Å². The van der Waals surface area contributed by atoms with Crippen molar-refractivity contribution < 1.29 is 5.11 Å². The number of aliphatic hydroxyl groups excluding tert-OH is 1. The fourth-order valence-corrected chi connectivity index (χ4v) is 2.81. The van der Waals surface area contributed by atoms with Gasteiger partial charge in [-0.15, -0.1) is 0 Å². The van der Waals surface area contributed by atoms with Gasteiger partial charge in [0, 0.05) is 19.6 Å². The molecule has 2 rings (SSSR count). The van der Waals surface area contributed by atoms with Crippen LogP contribution in [0.1, 0.15) is 37.3 Å². The molecular weight excluding hydrogens is 288 g/mol. The first kappa shape index (κ1) is 17.8. The second-order valence-corrected chi connectivity index (χ2v) is 6.00. The van der Waals surface area contributed by atoms with Crippen LogP contribution < -0.4 is 10.6 Å². The van der Waals surface area contributed by atoms with Crippen LogP contribution in [0.2, 0.25) is 0 Å². The van der Waals surface area contributed by atoms with Gasteiger partial charge in [-0.05, 0) is 44.0 Å². The average molecular weight is 318 g/mol. The lowest BCUT2D eigenvalue weighted by Crippen LogP contribution is -2.38. The molecule has 128 valence electrons. The average Bonchev–Trinajstić information content (AvgIpc) is 2.59. The molecule has 0 unspecified atom stereocenters. The number of aliphatic hydroxyl groups is 1. The molecule has 0 saturated carbocycles. The number of rotatable bonds is 7. The molecular formula is C18H30N4O. The summed E-state index contributed by atoms with van der Waals surface area (Å²) in [6.07, 6.45) is 4.05. The van der Waals surface area contributed by atoms with E-state index in [9.17, 15) is 0 Å². The molecule has 1 fully saturated rings. The molecule has 1 aromatic carbocycles. The lowest BCUT2D eigenvalue weighted by Gasteiger charge is -2.26. The zero-order valence-corrected chi connectivity index (χ0v) is 14.2. The molecule has 1 saturated heterocycles. The predicted molar refractivity (Wildman–Crippen MR) is 95.5 cm³/mol. The molecule has 0 amide bonds. The number of nitrogens with zero attached hydrogens (tertiary/aromatic N) is 2. The van der Waals surface area contributed by atoms with Crippen LogP contribution in [-0.4, -0.2) is 48.8 Å². The number of likely N-dealkylation sites (tertiary alicyclic amines) is 1. The zero-order chi connectivity index (χ0) is 16.3. The van der Waals surface area contributed by atoms with Crippen molar-refractivity contribution >= 4 is 5.96 Å². The van der Waals surface area contributed by atoms with E-state index in [4.69, 9.17) is 5.11 Å². The van der Waals surface area contributed by atoms with Crippen LogP contribution in [0.3, 0.4) is 0 Å². The van der Waals surface area contributed by atoms with Gasteiger partial charge in [0.2, 0.25) is 0 Å². The molecule has 1 heterocycles. The Labute approximate surface area is 139 Å². The fourth-order valence-electron chi connectivity index (χ4n) is 2.81. The minimum absolute atomic E-state index is 0.107. The van der Waals surface area contributed by atoms with E-state index in [2.05, 4.69) is 44.8 Å². The van der Waals surface area contributed by atoms with Crippen molar-refractivity contribution in [3.63, 3.8) is 0 Å². The van der Waals surface area contributed by atoms with Crippen molar-refractivity contribution in [1.29, 1.82) is 0 Å². The molecule has 1 aliphatic rings. The molecule has 1 aromatic rings. The fraction of sp³-hybridized carbons (Fsp3) is 0.611. The van der Waals surface area contributed by atoms with Gasteiger partial charge in [0.15, 0.2) is 5.96 Å². The number of piperidine rings is 1. The quantitative estimate of drug-likeness (QED) is 0.529. The van der Waals surface area contributed by atoms with Crippen molar-refractivity contribution in [2.24, 2.45) is 4.99 Å². The van der Waals surface area contributed by atoms with Crippen LogP contribution in [-0.2, 0) is 13.1 Å². The molecule has 1 aliphatic heterocycles. The normalized spacial score (nSPS) is 16.3. The Morgan fingerprint density at radius 2 is 1.78 bits per heavy atom. The van der Waals surface area contributed by atoms with Crippen molar-refractivity contribution in [2.45, 2.75) is 39.3 Å². The summed E-state index contributed by atoms with van der Waals surface area (Å²) in [5.41, 5.74) is 2.58. The maximum Gasteiger partial charge on any atom is 0.191 e. The maximum atomic E-state index is 8.88. The Bertz CT molecular complexity index is 466. The van der Waals surface area contributed by atoms with Gasteiger partial charge in [-0.2, -0.15) is 0 Å². The number of nitrogens with one attached hydrogen (secondary N) is 2. The third-order valence-electron chi connectivity index (χ3n) is 4.05. The topological polar surface area (TPSA) is 59.9 Å². The Morgan fingerprint density at radius 1 is 1.09 bits per heavy atom. The molecule has 5 nitrogen and oxygen atoms in total. The molecule has 23 heavy (non-hydrogen) atoms. The molecule has 5 heteroatoms. The Hall–Kier alpha value is -1.59. The molecule has 0 aliphatic carbocycles. The van der Waals surface area contributed by atoms with Crippen LogP contribution in [0.15, 0.2) is 29.3 Å². The Balaban J connectivity index is 1.85. The third-order valence-corrected chi connectivity index (χ3v) is 4.05. The summed E-state index contributed by atoms with van der Waals surface area (Å²) in [5, 5.41) is 15.1. The summed E-state index contributed by atoms with van der Waals surface area (Å²) in [6.45, 7) is 7.63. The molecule has 0 aromatic heterocycles. The van der Waals surface area contributed by atoms with Gasteiger partial charge < -0.3 is 15.7 Å². The van der Waals surface area contributed by atoms with Crippen LogP contribution in [0, 0.1) is 0 Å². The highest BCUT2D eigenvalue weighted by Crippen LogP contribution is 2.13. The molecule has 0 spiro atoms. The van der Waals surface area contributed by atoms with Crippen LogP contribution in [0.25, 0.3) is 0 Å². The summed E-state index contributed by atoms with van der Waals surface area (Å²) in [7, 11) is 0. The van der Waals surface area contributed by atoms with Crippen molar-refractivity contribution in [3.8, 4) is 0 Å². The SMILES string of the molecule is CCNC(=NCc1ccc(CN2CCCCC2)cc1)NCCO. The van der Waals surface area contributed by atoms with Gasteiger partial charge in [-0.1, -0.05) is 30.7 Å². The number of hydrogen-bond donors (Lipinski definition) is 3. The van der Waals surface area contributed by atoms with Crippen molar-refractivity contribution in [1.82, 2.24) is 15.5 Å². The smallest absolute Gasteiger partial charge is 0.191 e. The van der Waals surface area contributed by atoms with Gasteiger partial charge in [-0.25, -0.2) is 4.99 Å². The zero-order valence-electron chi connectivity index (χ0n) is 14.2. The van der Waals surface area contributed by atoms with E-state index in [-0.39, 0.29) is 6.61 Å². The van der Waals surface area contributed by atoms with Crippen LogP contribution >= 0.6 is 0 Å². The van der Waals surface area contributed by atoms with E-state index in [1.165, 1.54) is 43.5 Å². The van der Waals surface area contributed by atoms with Crippen LogP contribution in [0.4, 0.5) is 0 Å². The van der Waals surface area contributed by atoms with Crippen molar-refractivity contribution in [2.75, 3.05) is 32.8 Å².